The van der Waals surface area contributed by atoms with E-state index in [9.17, 15) is 4.79 Å². The molecule has 0 aliphatic rings. The Bertz CT molecular complexity index is 547. The Morgan fingerprint density at radius 3 is 2.83 bits per heavy atom. The molecule has 0 saturated carbocycles. The van der Waals surface area contributed by atoms with E-state index >= 15 is 0 Å². The minimum absolute atomic E-state index is 0.166. The van der Waals surface area contributed by atoms with Crippen LogP contribution in [0.25, 0.3) is 6.08 Å². The van der Waals surface area contributed by atoms with Gasteiger partial charge in [0.05, 0.1) is 6.54 Å². The van der Waals surface area contributed by atoms with Gasteiger partial charge in [-0.15, -0.1) is 5.10 Å². The lowest BCUT2D eigenvalue weighted by atomic mass is 10.2. The van der Waals surface area contributed by atoms with E-state index in [2.05, 4.69) is 20.5 Å². The number of aromatic nitrogens is 3. The van der Waals surface area contributed by atoms with E-state index in [1.165, 1.54) is 6.08 Å². The lowest BCUT2D eigenvalue weighted by molar-refractivity contribution is -0.116. The first-order valence-corrected chi connectivity index (χ1v) is 5.42. The van der Waals surface area contributed by atoms with Gasteiger partial charge in [0, 0.05) is 6.08 Å². The van der Waals surface area contributed by atoms with Crippen molar-refractivity contribution in [2.75, 3.05) is 5.73 Å². The number of rotatable bonds is 4. The van der Waals surface area contributed by atoms with Crippen molar-refractivity contribution in [2.45, 2.75) is 6.54 Å². The molecular weight excluding hydrogens is 230 g/mol. The van der Waals surface area contributed by atoms with Gasteiger partial charge in [-0.1, -0.05) is 30.3 Å². The van der Waals surface area contributed by atoms with Gasteiger partial charge < -0.3 is 11.1 Å². The Labute approximate surface area is 104 Å². The molecule has 0 aliphatic carbocycles. The Morgan fingerprint density at radius 2 is 2.17 bits per heavy atom. The number of benzene rings is 1. The third kappa shape index (κ3) is 3.44. The molecule has 1 aromatic carbocycles. The first-order valence-electron chi connectivity index (χ1n) is 5.42. The maximum Gasteiger partial charge on any atom is 0.244 e. The van der Waals surface area contributed by atoms with Crippen molar-refractivity contribution in [2.24, 2.45) is 0 Å². The van der Waals surface area contributed by atoms with Crippen LogP contribution in [-0.2, 0) is 11.3 Å². The maximum absolute atomic E-state index is 11.5. The Kier molecular flexibility index (Phi) is 3.70. The average Bonchev–Trinajstić information content (AvgIpc) is 2.81. The molecule has 1 amide bonds. The number of aromatic amines is 1. The van der Waals surface area contributed by atoms with Gasteiger partial charge in [-0.2, -0.15) is 4.98 Å². The summed E-state index contributed by atoms with van der Waals surface area (Å²) in [7, 11) is 0. The molecule has 0 radical (unpaired) electrons. The number of hydrogen-bond donors (Lipinski definition) is 3. The van der Waals surface area contributed by atoms with E-state index in [4.69, 9.17) is 5.73 Å². The number of H-pyrrole nitrogens is 1. The van der Waals surface area contributed by atoms with Crippen LogP contribution in [0.3, 0.4) is 0 Å². The maximum atomic E-state index is 11.5. The third-order valence-corrected chi connectivity index (χ3v) is 2.21. The summed E-state index contributed by atoms with van der Waals surface area (Å²) in [5, 5.41) is 8.94. The smallest absolute Gasteiger partial charge is 0.244 e. The molecule has 1 heterocycles. The summed E-state index contributed by atoms with van der Waals surface area (Å²) in [6, 6.07) is 9.58. The second kappa shape index (κ2) is 5.62. The van der Waals surface area contributed by atoms with Crippen molar-refractivity contribution in [3.8, 4) is 0 Å². The Hall–Kier alpha value is -2.63. The van der Waals surface area contributed by atoms with Gasteiger partial charge in [0.2, 0.25) is 11.9 Å². The number of nitrogens with two attached hydrogens (primary N) is 1. The monoisotopic (exact) mass is 243 g/mol. The fourth-order valence-electron chi connectivity index (χ4n) is 1.35. The number of nitrogens with zero attached hydrogens (tertiary/aromatic N) is 2. The molecule has 0 bridgehead atoms. The Balaban J connectivity index is 1.84. The number of nitrogens with one attached hydrogen (secondary N) is 2. The predicted molar refractivity (Wildman–Crippen MR) is 68.1 cm³/mol. The van der Waals surface area contributed by atoms with Gasteiger partial charge in [-0.25, -0.2) is 0 Å². The molecule has 0 saturated heterocycles. The lowest BCUT2D eigenvalue weighted by Crippen LogP contribution is -2.20. The molecule has 0 unspecified atom stereocenters. The summed E-state index contributed by atoms with van der Waals surface area (Å²) in [6.07, 6.45) is 3.21. The van der Waals surface area contributed by atoms with Gasteiger partial charge in [0.1, 0.15) is 5.82 Å². The second-order valence-electron chi connectivity index (χ2n) is 3.60. The number of nitrogen functional groups attached to an aromatic ring is 1. The molecule has 6 nitrogen and oxygen atoms in total. The highest BCUT2D eigenvalue weighted by Gasteiger charge is 2.00. The summed E-state index contributed by atoms with van der Waals surface area (Å²) in [5.74, 6) is 0.488. The zero-order valence-corrected chi connectivity index (χ0v) is 9.63. The van der Waals surface area contributed by atoms with Crippen LogP contribution in [0.5, 0.6) is 0 Å². The fraction of sp³-hybridized carbons (Fsp3) is 0.0833. The molecule has 0 fully saturated rings. The van der Waals surface area contributed by atoms with Gasteiger partial charge >= 0.3 is 0 Å². The van der Waals surface area contributed by atoms with Gasteiger partial charge in [0.15, 0.2) is 0 Å². The normalized spacial score (nSPS) is 10.7. The minimum Gasteiger partial charge on any atom is -0.367 e. The highest BCUT2D eigenvalue weighted by atomic mass is 16.1. The molecule has 2 rings (SSSR count). The number of carbonyl (C=O) groups is 1. The minimum atomic E-state index is -0.200. The highest BCUT2D eigenvalue weighted by Crippen LogP contribution is 2.00. The van der Waals surface area contributed by atoms with Crippen molar-refractivity contribution >= 4 is 17.9 Å². The zero-order valence-electron chi connectivity index (χ0n) is 9.63. The van der Waals surface area contributed by atoms with Crippen molar-refractivity contribution in [1.82, 2.24) is 20.5 Å². The topological polar surface area (TPSA) is 96.7 Å². The zero-order chi connectivity index (χ0) is 12.8. The van der Waals surface area contributed by atoms with Crippen molar-refractivity contribution in [3.05, 3.63) is 47.8 Å². The number of hydrogen-bond acceptors (Lipinski definition) is 4. The standard InChI is InChI=1S/C12H13N5O/c13-12-15-10(16-17-12)8-14-11(18)7-6-9-4-2-1-3-5-9/h1-7H,8H2,(H,14,18)(H3,13,15,16,17)/b7-6+. The van der Waals surface area contributed by atoms with Crippen LogP contribution in [0.1, 0.15) is 11.4 Å². The molecule has 92 valence electrons. The van der Waals surface area contributed by atoms with Gasteiger partial charge in [0.25, 0.3) is 0 Å². The number of amides is 1. The van der Waals surface area contributed by atoms with E-state index in [0.717, 1.165) is 5.56 Å². The van der Waals surface area contributed by atoms with E-state index in [1.807, 2.05) is 30.3 Å². The fourth-order valence-corrected chi connectivity index (χ4v) is 1.35. The first kappa shape index (κ1) is 11.8. The Morgan fingerprint density at radius 1 is 1.39 bits per heavy atom. The van der Waals surface area contributed by atoms with Crippen LogP contribution in [0.4, 0.5) is 5.95 Å². The SMILES string of the molecule is Nc1n[nH]c(CNC(=O)/C=C/c2ccccc2)n1. The molecule has 1 aromatic heterocycles. The van der Waals surface area contributed by atoms with Gasteiger partial charge in [-0.05, 0) is 11.6 Å². The van der Waals surface area contributed by atoms with E-state index < -0.39 is 0 Å². The largest absolute Gasteiger partial charge is 0.367 e. The predicted octanol–water partition coefficient (Wildman–Crippen LogP) is 0.716. The molecule has 18 heavy (non-hydrogen) atoms. The van der Waals surface area contributed by atoms with Gasteiger partial charge in [-0.3, -0.25) is 9.89 Å². The van der Waals surface area contributed by atoms with Crippen LogP contribution < -0.4 is 11.1 Å². The van der Waals surface area contributed by atoms with Crippen LogP contribution >= 0.6 is 0 Å². The first-order chi connectivity index (χ1) is 8.74. The molecule has 0 aliphatic heterocycles. The molecule has 6 heteroatoms. The summed E-state index contributed by atoms with van der Waals surface area (Å²) >= 11 is 0. The lowest BCUT2D eigenvalue weighted by Gasteiger charge is -1.97. The average molecular weight is 243 g/mol. The van der Waals surface area contributed by atoms with E-state index in [0.29, 0.717) is 5.82 Å². The van der Waals surface area contributed by atoms with Crippen LogP contribution in [0, 0.1) is 0 Å². The molecule has 4 N–H and O–H groups in total. The molecule has 0 spiro atoms. The summed E-state index contributed by atoms with van der Waals surface area (Å²) < 4.78 is 0. The summed E-state index contributed by atoms with van der Waals surface area (Å²) in [4.78, 5) is 15.4. The van der Waals surface area contributed by atoms with E-state index in [1.54, 1.807) is 6.08 Å². The van der Waals surface area contributed by atoms with Crippen LogP contribution in [-0.4, -0.2) is 21.1 Å². The van der Waals surface area contributed by atoms with E-state index in [-0.39, 0.29) is 18.4 Å². The number of anilines is 1. The summed E-state index contributed by atoms with van der Waals surface area (Å²) in [6.45, 7) is 0.266. The van der Waals surface area contributed by atoms with Crippen molar-refractivity contribution < 1.29 is 4.79 Å². The molecule has 0 atom stereocenters. The second-order valence-corrected chi connectivity index (χ2v) is 3.60. The quantitative estimate of drug-likeness (QED) is 0.689. The van der Waals surface area contributed by atoms with Crippen LogP contribution in [0.2, 0.25) is 0 Å². The summed E-state index contributed by atoms with van der Waals surface area (Å²) in [5.41, 5.74) is 6.31. The molecular formula is C12H13N5O. The number of carbonyl (C=O) groups excluding carboxylic acids is 1. The molecule has 2 aromatic rings. The third-order valence-electron chi connectivity index (χ3n) is 2.21. The van der Waals surface area contributed by atoms with Crippen LogP contribution in [0.15, 0.2) is 36.4 Å². The highest BCUT2D eigenvalue weighted by molar-refractivity contribution is 5.91. The van der Waals surface area contributed by atoms with Crippen molar-refractivity contribution in [1.29, 1.82) is 0 Å². The van der Waals surface area contributed by atoms with Crippen molar-refractivity contribution in [3.63, 3.8) is 0 Å².